The number of hydrogen-bond acceptors (Lipinski definition) is 4. The highest BCUT2D eigenvalue weighted by atomic mass is 16.5. The van der Waals surface area contributed by atoms with Gasteiger partial charge in [0.2, 0.25) is 0 Å². The normalized spacial score (nSPS) is 18.0. The molecule has 0 radical (unpaired) electrons. The van der Waals surface area contributed by atoms with Crippen molar-refractivity contribution in [3.05, 3.63) is 35.4 Å². The van der Waals surface area contributed by atoms with E-state index in [0.29, 0.717) is 18.7 Å². The first-order chi connectivity index (χ1) is 10.1. The molecule has 0 spiro atoms. The molecule has 4 nitrogen and oxygen atoms in total. The number of carbonyl (C=O) groups excluding carboxylic acids is 1. The van der Waals surface area contributed by atoms with Gasteiger partial charge in [-0.05, 0) is 24.5 Å². The summed E-state index contributed by atoms with van der Waals surface area (Å²) in [6.45, 7) is 1.14. The summed E-state index contributed by atoms with van der Waals surface area (Å²) < 4.78 is 4.79. The van der Waals surface area contributed by atoms with Gasteiger partial charge in [-0.2, -0.15) is 0 Å². The van der Waals surface area contributed by atoms with Crippen molar-refractivity contribution in [2.24, 2.45) is 0 Å². The zero-order chi connectivity index (χ0) is 15.1. The van der Waals surface area contributed by atoms with Gasteiger partial charge in [0.15, 0.2) is 0 Å². The van der Waals surface area contributed by atoms with Gasteiger partial charge in [-0.3, -0.25) is 0 Å². The van der Waals surface area contributed by atoms with Gasteiger partial charge >= 0.3 is 5.97 Å². The fraction of sp³-hybridized carbons (Fsp3) is 0.588. The van der Waals surface area contributed by atoms with Crippen molar-refractivity contribution in [3.8, 4) is 0 Å². The second-order valence-corrected chi connectivity index (χ2v) is 5.89. The van der Waals surface area contributed by atoms with Gasteiger partial charge < -0.3 is 15.2 Å². The number of carbonyl (C=O) groups is 1. The van der Waals surface area contributed by atoms with Crippen LogP contribution in [0.15, 0.2) is 24.3 Å². The van der Waals surface area contributed by atoms with Crippen molar-refractivity contribution in [1.29, 1.82) is 0 Å². The minimum absolute atomic E-state index is 0.319. The Hall–Kier alpha value is -1.39. The SMILES string of the molecule is COC(=O)c1ccccc1CNCC1(O)CCCCCC1. The highest BCUT2D eigenvalue weighted by Gasteiger charge is 2.27. The van der Waals surface area contributed by atoms with E-state index in [1.807, 2.05) is 18.2 Å². The van der Waals surface area contributed by atoms with Gasteiger partial charge in [0.25, 0.3) is 0 Å². The molecule has 1 aromatic carbocycles. The van der Waals surface area contributed by atoms with Gasteiger partial charge in [-0.1, -0.05) is 43.9 Å². The van der Waals surface area contributed by atoms with Crippen molar-refractivity contribution < 1.29 is 14.6 Å². The van der Waals surface area contributed by atoms with Crippen molar-refractivity contribution in [3.63, 3.8) is 0 Å². The first-order valence-electron chi connectivity index (χ1n) is 7.74. The van der Waals surface area contributed by atoms with E-state index in [0.717, 1.165) is 31.2 Å². The van der Waals surface area contributed by atoms with Crippen LogP contribution in [-0.2, 0) is 11.3 Å². The lowest BCUT2D eigenvalue weighted by molar-refractivity contribution is 0.0250. The molecule has 1 fully saturated rings. The molecule has 2 N–H and O–H groups in total. The van der Waals surface area contributed by atoms with Gasteiger partial charge in [0.1, 0.15) is 0 Å². The maximum Gasteiger partial charge on any atom is 0.338 e. The molecule has 1 saturated carbocycles. The Morgan fingerprint density at radius 3 is 2.57 bits per heavy atom. The highest BCUT2D eigenvalue weighted by Crippen LogP contribution is 2.26. The first kappa shape index (κ1) is 16.0. The molecule has 0 atom stereocenters. The van der Waals surface area contributed by atoms with Crippen molar-refractivity contribution in [1.82, 2.24) is 5.32 Å². The predicted octanol–water partition coefficient (Wildman–Crippen LogP) is 2.65. The maximum absolute atomic E-state index is 11.7. The Balaban J connectivity index is 1.92. The van der Waals surface area contributed by atoms with Crippen LogP contribution in [0.2, 0.25) is 0 Å². The Morgan fingerprint density at radius 1 is 1.24 bits per heavy atom. The van der Waals surface area contributed by atoms with Crippen molar-refractivity contribution in [2.45, 2.75) is 50.7 Å². The van der Waals surface area contributed by atoms with E-state index in [4.69, 9.17) is 4.74 Å². The van der Waals surface area contributed by atoms with Crippen LogP contribution in [0.1, 0.15) is 54.4 Å². The van der Waals surface area contributed by atoms with Gasteiger partial charge in [-0.15, -0.1) is 0 Å². The second kappa shape index (κ2) is 7.57. The molecule has 2 rings (SSSR count). The van der Waals surface area contributed by atoms with Crippen LogP contribution in [0.25, 0.3) is 0 Å². The first-order valence-corrected chi connectivity index (χ1v) is 7.74. The van der Waals surface area contributed by atoms with Crippen molar-refractivity contribution in [2.75, 3.05) is 13.7 Å². The van der Waals surface area contributed by atoms with Crippen LogP contribution in [0.3, 0.4) is 0 Å². The van der Waals surface area contributed by atoms with Crippen LogP contribution >= 0.6 is 0 Å². The molecule has 1 aliphatic carbocycles. The minimum atomic E-state index is -0.600. The Bertz CT molecular complexity index is 465. The van der Waals surface area contributed by atoms with E-state index in [-0.39, 0.29) is 5.97 Å². The van der Waals surface area contributed by atoms with Gasteiger partial charge in [0, 0.05) is 13.1 Å². The molecule has 21 heavy (non-hydrogen) atoms. The summed E-state index contributed by atoms with van der Waals surface area (Å²) in [5.74, 6) is -0.319. The molecule has 0 amide bonds. The third-order valence-corrected chi connectivity index (χ3v) is 4.23. The van der Waals surface area contributed by atoms with E-state index in [1.54, 1.807) is 6.07 Å². The van der Waals surface area contributed by atoms with Crippen LogP contribution < -0.4 is 5.32 Å². The number of hydrogen-bond donors (Lipinski definition) is 2. The molecule has 0 aromatic heterocycles. The molecule has 0 unspecified atom stereocenters. The number of ether oxygens (including phenoxy) is 1. The molecule has 116 valence electrons. The Kier molecular flexibility index (Phi) is 5.76. The fourth-order valence-electron chi connectivity index (χ4n) is 2.98. The van der Waals surface area contributed by atoms with Crippen LogP contribution in [0.5, 0.6) is 0 Å². The van der Waals surface area contributed by atoms with E-state index in [9.17, 15) is 9.90 Å². The Morgan fingerprint density at radius 2 is 1.90 bits per heavy atom. The van der Waals surface area contributed by atoms with Crippen LogP contribution in [0.4, 0.5) is 0 Å². The number of nitrogens with one attached hydrogen (secondary N) is 1. The monoisotopic (exact) mass is 291 g/mol. The summed E-state index contributed by atoms with van der Waals surface area (Å²) in [5.41, 5.74) is 0.887. The maximum atomic E-state index is 11.7. The quantitative estimate of drug-likeness (QED) is 0.647. The van der Waals surface area contributed by atoms with Crippen LogP contribution in [0, 0.1) is 0 Å². The smallest absolute Gasteiger partial charge is 0.338 e. The summed E-state index contributed by atoms with van der Waals surface area (Å²) in [5, 5.41) is 13.9. The predicted molar refractivity (Wildman–Crippen MR) is 82.1 cm³/mol. The lowest BCUT2D eigenvalue weighted by Crippen LogP contribution is -2.40. The zero-order valence-corrected chi connectivity index (χ0v) is 12.7. The van der Waals surface area contributed by atoms with Crippen molar-refractivity contribution >= 4 is 5.97 Å². The average molecular weight is 291 g/mol. The molecule has 0 bridgehead atoms. The number of aliphatic hydroxyl groups is 1. The average Bonchev–Trinajstić information content (AvgIpc) is 2.72. The summed E-state index contributed by atoms with van der Waals surface area (Å²) in [4.78, 5) is 11.7. The fourth-order valence-corrected chi connectivity index (χ4v) is 2.98. The summed E-state index contributed by atoms with van der Waals surface area (Å²) in [6, 6.07) is 7.41. The third-order valence-electron chi connectivity index (χ3n) is 4.23. The highest BCUT2D eigenvalue weighted by molar-refractivity contribution is 5.90. The largest absolute Gasteiger partial charge is 0.465 e. The van der Waals surface area contributed by atoms with Crippen LogP contribution in [-0.4, -0.2) is 30.3 Å². The van der Waals surface area contributed by atoms with Gasteiger partial charge in [0.05, 0.1) is 18.3 Å². The molecule has 0 saturated heterocycles. The van der Waals surface area contributed by atoms with E-state index in [1.165, 1.54) is 20.0 Å². The van der Waals surface area contributed by atoms with E-state index in [2.05, 4.69) is 5.32 Å². The lowest BCUT2D eigenvalue weighted by Gasteiger charge is -2.27. The molecule has 1 aliphatic rings. The summed E-state index contributed by atoms with van der Waals surface area (Å²) in [6.07, 6.45) is 6.34. The number of methoxy groups -OCH3 is 1. The summed E-state index contributed by atoms with van der Waals surface area (Å²) >= 11 is 0. The van der Waals surface area contributed by atoms with E-state index >= 15 is 0 Å². The van der Waals surface area contributed by atoms with Gasteiger partial charge in [-0.25, -0.2) is 4.79 Å². The topological polar surface area (TPSA) is 58.6 Å². The molecule has 1 aromatic rings. The standard InChI is InChI=1S/C17H25NO3/c1-21-16(19)15-9-5-4-8-14(15)12-18-13-17(20)10-6-2-3-7-11-17/h4-5,8-9,18,20H,2-3,6-7,10-13H2,1H3. The molecular formula is C17H25NO3. The number of rotatable bonds is 5. The number of esters is 1. The molecule has 0 aliphatic heterocycles. The lowest BCUT2D eigenvalue weighted by atomic mass is 9.94. The third kappa shape index (κ3) is 4.55. The minimum Gasteiger partial charge on any atom is -0.465 e. The molecular weight excluding hydrogens is 266 g/mol. The molecule has 0 heterocycles. The second-order valence-electron chi connectivity index (χ2n) is 5.89. The summed E-state index contributed by atoms with van der Waals surface area (Å²) in [7, 11) is 1.39. The number of benzene rings is 1. The zero-order valence-electron chi connectivity index (χ0n) is 12.7. The van der Waals surface area contributed by atoms with E-state index < -0.39 is 5.60 Å². The molecule has 4 heteroatoms. The Labute approximate surface area is 126 Å².